The Morgan fingerprint density at radius 2 is 1.57 bits per heavy atom. The van der Waals surface area contributed by atoms with Crippen LogP contribution in [0, 0.1) is 5.82 Å². The van der Waals surface area contributed by atoms with Gasteiger partial charge in [-0.1, -0.05) is 36.4 Å². The minimum atomic E-state index is -3.59. The summed E-state index contributed by atoms with van der Waals surface area (Å²) in [5, 5.41) is 3.09. The number of hydrogen-bond donors (Lipinski definition) is 1. The van der Waals surface area contributed by atoms with E-state index in [4.69, 9.17) is 9.05 Å². The van der Waals surface area contributed by atoms with Crippen LogP contribution in [-0.2, 0) is 13.6 Å². The maximum absolute atomic E-state index is 14.3. The lowest BCUT2D eigenvalue weighted by Gasteiger charge is -2.28. The van der Waals surface area contributed by atoms with E-state index in [0.717, 1.165) is 0 Å². The molecular weight excluding hydrogens is 316 g/mol. The molecule has 0 aliphatic rings. The Hall–Kier alpha value is -1.68. The molecule has 0 bridgehead atoms. The first-order valence-electron chi connectivity index (χ1n) is 7.55. The minimum absolute atomic E-state index is 0.207. The van der Waals surface area contributed by atoms with Crippen molar-refractivity contribution >= 4 is 13.3 Å². The van der Waals surface area contributed by atoms with E-state index in [9.17, 15) is 8.96 Å². The molecule has 0 aliphatic heterocycles. The van der Waals surface area contributed by atoms with Crippen LogP contribution >= 0.6 is 7.60 Å². The summed E-state index contributed by atoms with van der Waals surface area (Å²) in [5.74, 6) is -1.38. The molecule has 0 unspecified atom stereocenters. The van der Waals surface area contributed by atoms with Gasteiger partial charge >= 0.3 is 7.60 Å². The fourth-order valence-corrected chi connectivity index (χ4v) is 4.21. The number of rotatable bonds is 8. The third-order valence-electron chi connectivity index (χ3n) is 3.21. The van der Waals surface area contributed by atoms with Crippen molar-refractivity contribution in [2.75, 3.05) is 18.5 Å². The molecule has 0 heterocycles. The van der Waals surface area contributed by atoms with Crippen LogP contribution in [0.4, 0.5) is 10.1 Å². The maximum Gasteiger partial charge on any atom is 0.357 e. The van der Waals surface area contributed by atoms with Crippen molar-refractivity contribution in [2.45, 2.75) is 19.6 Å². The summed E-state index contributed by atoms with van der Waals surface area (Å²) in [6, 6.07) is 15.4. The van der Waals surface area contributed by atoms with Crippen LogP contribution in [0.3, 0.4) is 0 Å². The Morgan fingerprint density at radius 1 is 1.00 bits per heavy atom. The molecule has 2 rings (SSSR count). The highest BCUT2D eigenvalue weighted by molar-refractivity contribution is 7.54. The molecule has 0 radical (unpaired) electrons. The molecule has 0 fully saturated rings. The molecule has 124 valence electrons. The van der Waals surface area contributed by atoms with Gasteiger partial charge in [0.1, 0.15) is 5.82 Å². The zero-order valence-corrected chi connectivity index (χ0v) is 14.1. The quantitative estimate of drug-likeness (QED) is 0.672. The van der Waals surface area contributed by atoms with Gasteiger partial charge in [0.2, 0.25) is 0 Å². The summed E-state index contributed by atoms with van der Waals surface area (Å²) in [7, 11) is -3.59. The number of para-hydroxylation sites is 1. The highest BCUT2D eigenvalue weighted by Crippen LogP contribution is 2.61. The van der Waals surface area contributed by atoms with Gasteiger partial charge in [0.15, 0.2) is 5.78 Å². The summed E-state index contributed by atoms with van der Waals surface area (Å²) >= 11 is 0. The highest BCUT2D eigenvalue weighted by Gasteiger charge is 2.38. The predicted octanol–water partition coefficient (Wildman–Crippen LogP) is 5.20. The molecule has 4 nitrogen and oxygen atoms in total. The van der Waals surface area contributed by atoms with Gasteiger partial charge < -0.3 is 14.4 Å². The summed E-state index contributed by atoms with van der Waals surface area (Å²) in [6.07, 6.45) is 0. The van der Waals surface area contributed by atoms with E-state index in [1.54, 1.807) is 32.0 Å². The van der Waals surface area contributed by atoms with E-state index in [1.165, 1.54) is 6.07 Å². The van der Waals surface area contributed by atoms with Gasteiger partial charge in [-0.15, -0.1) is 0 Å². The van der Waals surface area contributed by atoms with Crippen molar-refractivity contribution in [2.24, 2.45) is 0 Å². The molecule has 1 atom stereocenters. The molecule has 23 heavy (non-hydrogen) atoms. The Bertz CT molecular complexity index is 656. The second-order valence-corrected chi connectivity index (χ2v) is 6.92. The minimum Gasteiger partial charge on any atom is -0.368 e. The van der Waals surface area contributed by atoms with E-state index in [1.807, 2.05) is 30.3 Å². The average Bonchev–Trinajstić information content (AvgIpc) is 2.55. The first-order chi connectivity index (χ1) is 11.1. The second-order valence-electron chi connectivity index (χ2n) is 4.81. The van der Waals surface area contributed by atoms with Crippen molar-refractivity contribution in [3.05, 3.63) is 66.0 Å². The van der Waals surface area contributed by atoms with Crippen molar-refractivity contribution in [3.8, 4) is 0 Å². The number of benzene rings is 2. The highest BCUT2D eigenvalue weighted by atomic mass is 31.2. The van der Waals surface area contributed by atoms with Crippen molar-refractivity contribution in [1.29, 1.82) is 0 Å². The van der Waals surface area contributed by atoms with E-state index in [0.29, 0.717) is 5.69 Å². The zero-order chi connectivity index (χ0) is 16.7. The normalized spacial score (nSPS) is 12.8. The lowest BCUT2D eigenvalue weighted by atomic mass is 10.2. The lowest BCUT2D eigenvalue weighted by Crippen LogP contribution is -2.16. The third kappa shape index (κ3) is 4.41. The van der Waals surface area contributed by atoms with Crippen LogP contribution in [0.15, 0.2) is 54.6 Å². The topological polar surface area (TPSA) is 47.6 Å². The first-order valence-corrected chi connectivity index (χ1v) is 9.16. The number of nitrogens with one attached hydrogen (secondary N) is 1. The first kappa shape index (κ1) is 17.7. The Kier molecular flexibility index (Phi) is 6.34. The summed E-state index contributed by atoms with van der Waals surface area (Å²) in [4.78, 5) is 0. The molecule has 0 aliphatic carbocycles. The van der Waals surface area contributed by atoms with Crippen LogP contribution < -0.4 is 5.32 Å². The molecule has 0 saturated heterocycles. The van der Waals surface area contributed by atoms with Gasteiger partial charge in [-0.05, 0) is 32.0 Å². The van der Waals surface area contributed by atoms with Crippen molar-refractivity contribution < 1.29 is 18.0 Å². The van der Waals surface area contributed by atoms with E-state index >= 15 is 0 Å². The van der Waals surface area contributed by atoms with Crippen LogP contribution in [0.2, 0.25) is 0 Å². The Labute approximate surface area is 136 Å². The molecule has 1 N–H and O–H groups in total. The van der Waals surface area contributed by atoms with Gasteiger partial charge in [0, 0.05) is 11.3 Å². The van der Waals surface area contributed by atoms with Gasteiger partial charge in [0.05, 0.1) is 13.2 Å². The molecule has 0 aromatic heterocycles. The molecular formula is C17H21FNO3P. The van der Waals surface area contributed by atoms with Crippen LogP contribution in [-0.4, -0.2) is 13.2 Å². The van der Waals surface area contributed by atoms with E-state index in [2.05, 4.69) is 5.32 Å². The van der Waals surface area contributed by atoms with Crippen LogP contribution in [0.25, 0.3) is 0 Å². The summed E-state index contributed by atoms with van der Waals surface area (Å²) < 4.78 is 38.3. The maximum atomic E-state index is 14.3. The number of halogens is 1. The average molecular weight is 337 g/mol. The van der Waals surface area contributed by atoms with E-state index < -0.39 is 19.2 Å². The molecule has 0 amide bonds. The van der Waals surface area contributed by atoms with Gasteiger partial charge in [-0.3, -0.25) is 4.57 Å². The number of anilines is 1. The Morgan fingerprint density at radius 3 is 2.13 bits per heavy atom. The Balaban J connectivity index is 2.46. The largest absolute Gasteiger partial charge is 0.368 e. The molecule has 6 heteroatoms. The smallest absolute Gasteiger partial charge is 0.357 e. The third-order valence-corrected chi connectivity index (χ3v) is 5.49. The molecule has 0 saturated carbocycles. The predicted molar refractivity (Wildman–Crippen MR) is 90.1 cm³/mol. The van der Waals surface area contributed by atoms with Gasteiger partial charge in [0.25, 0.3) is 0 Å². The summed E-state index contributed by atoms with van der Waals surface area (Å²) in [6.45, 7) is 3.87. The fourth-order valence-electron chi connectivity index (χ4n) is 2.26. The molecule has 2 aromatic rings. The number of hydrogen-bond acceptors (Lipinski definition) is 4. The van der Waals surface area contributed by atoms with Crippen molar-refractivity contribution in [3.63, 3.8) is 0 Å². The lowest BCUT2D eigenvalue weighted by molar-refractivity contribution is 0.213. The fraction of sp³-hybridized carbons (Fsp3) is 0.294. The van der Waals surface area contributed by atoms with E-state index in [-0.39, 0.29) is 18.8 Å². The van der Waals surface area contributed by atoms with Gasteiger partial charge in [-0.25, -0.2) is 4.39 Å². The van der Waals surface area contributed by atoms with Crippen LogP contribution in [0.1, 0.15) is 25.2 Å². The summed E-state index contributed by atoms with van der Waals surface area (Å²) in [5.41, 5.74) is 0.960. The zero-order valence-electron chi connectivity index (χ0n) is 13.2. The molecule has 2 aromatic carbocycles. The van der Waals surface area contributed by atoms with Crippen LogP contribution in [0.5, 0.6) is 0 Å². The second kappa shape index (κ2) is 8.25. The molecule has 0 spiro atoms. The SMILES string of the molecule is CCOP(=O)(OCC)[C@H](Nc1ccccc1)c1ccccc1F. The monoisotopic (exact) mass is 337 g/mol. The standard InChI is InChI=1S/C17H21FNO3P/c1-3-21-23(20,22-4-2)17(15-12-8-9-13-16(15)18)19-14-10-6-5-7-11-14/h5-13,17,19H,3-4H2,1-2H3/t17-/m0/s1. The van der Waals surface area contributed by atoms with Gasteiger partial charge in [-0.2, -0.15) is 0 Å². The van der Waals surface area contributed by atoms with Crippen molar-refractivity contribution in [1.82, 2.24) is 0 Å².